The van der Waals surface area contributed by atoms with E-state index < -0.39 is 0 Å². The van der Waals surface area contributed by atoms with Crippen LogP contribution in [-0.2, 0) is 0 Å². The van der Waals surface area contributed by atoms with E-state index >= 15 is 0 Å². The second-order valence-electron chi connectivity index (χ2n) is 12.3. The van der Waals surface area contributed by atoms with Gasteiger partial charge in [-0.1, -0.05) is 58.4 Å². The van der Waals surface area contributed by atoms with Crippen LogP contribution in [0.5, 0.6) is 0 Å². The number of hydrogen-bond acceptors (Lipinski definition) is 2. The van der Waals surface area contributed by atoms with Crippen LogP contribution in [0.25, 0.3) is 0 Å². The van der Waals surface area contributed by atoms with Crippen LogP contribution in [0.1, 0.15) is 92.4 Å². The lowest BCUT2D eigenvalue weighted by Gasteiger charge is -2.59. The molecule has 170 valence electrons. The van der Waals surface area contributed by atoms with Crippen LogP contribution in [0.2, 0.25) is 0 Å². The predicted octanol–water partition coefficient (Wildman–Crippen LogP) is 6.53. The summed E-state index contributed by atoms with van der Waals surface area (Å²) in [5.41, 5.74) is 3.12. The molecule has 4 aliphatic carbocycles. The molecule has 4 rings (SSSR count). The molecule has 2 heteroatoms. The van der Waals surface area contributed by atoms with E-state index in [9.17, 15) is 10.2 Å². The molecule has 0 heterocycles. The third-order valence-corrected chi connectivity index (χ3v) is 10.7. The highest BCUT2D eigenvalue weighted by Gasteiger charge is 2.60. The zero-order valence-electron chi connectivity index (χ0n) is 20.2. The maximum Gasteiger partial charge on any atom is 0.0658 e. The summed E-state index contributed by atoms with van der Waals surface area (Å²) in [4.78, 5) is 0. The van der Waals surface area contributed by atoms with E-state index in [1.807, 2.05) is 0 Å². The summed E-state index contributed by atoms with van der Waals surface area (Å²) in [6.07, 6.45) is 12.0. The zero-order chi connectivity index (χ0) is 21.8. The van der Waals surface area contributed by atoms with Gasteiger partial charge in [-0.15, -0.1) is 0 Å². The van der Waals surface area contributed by atoms with Crippen molar-refractivity contribution in [2.24, 2.45) is 46.3 Å². The average Bonchev–Trinajstić information content (AvgIpc) is 3.04. The van der Waals surface area contributed by atoms with Crippen molar-refractivity contribution in [3.8, 4) is 0 Å². The standard InChI is InChI=1S/C28H46O2/c1-17(2)18(3)7-8-19(4)23-11-12-24-22-10-9-20-15-21(29)16-26(30)28(20,6)25(22)13-14-27(23,24)5/h9,17,19,21-26,29-30H,3,7-8,10-16H2,1-2,4-6H3. The minimum absolute atomic E-state index is 0.109. The normalized spacial score (nSPS) is 46.6. The van der Waals surface area contributed by atoms with Gasteiger partial charge >= 0.3 is 0 Å². The van der Waals surface area contributed by atoms with Crippen LogP contribution >= 0.6 is 0 Å². The van der Waals surface area contributed by atoms with Crippen molar-refractivity contribution < 1.29 is 10.2 Å². The fraction of sp³-hybridized carbons (Fsp3) is 0.857. The summed E-state index contributed by atoms with van der Waals surface area (Å²) in [6.45, 7) is 16.3. The fourth-order valence-corrected chi connectivity index (χ4v) is 8.58. The molecule has 0 aliphatic heterocycles. The highest BCUT2D eigenvalue weighted by Crippen LogP contribution is 2.67. The Morgan fingerprint density at radius 2 is 1.87 bits per heavy atom. The minimum atomic E-state index is -0.386. The second kappa shape index (κ2) is 8.07. The summed E-state index contributed by atoms with van der Waals surface area (Å²) >= 11 is 0. The van der Waals surface area contributed by atoms with Crippen molar-refractivity contribution in [3.63, 3.8) is 0 Å². The molecular weight excluding hydrogens is 368 g/mol. The first-order valence-corrected chi connectivity index (χ1v) is 12.8. The Morgan fingerprint density at radius 3 is 2.57 bits per heavy atom. The van der Waals surface area contributed by atoms with Crippen LogP contribution in [0.3, 0.4) is 0 Å². The molecule has 4 aliphatic rings. The lowest BCUT2D eigenvalue weighted by Crippen LogP contribution is -2.55. The van der Waals surface area contributed by atoms with Crippen molar-refractivity contribution in [2.75, 3.05) is 0 Å². The summed E-state index contributed by atoms with van der Waals surface area (Å²) in [7, 11) is 0. The third kappa shape index (κ3) is 3.45. The highest BCUT2D eigenvalue weighted by molar-refractivity contribution is 5.27. The van der Waals surface area contributed by atoms with E-state index in [2.05, 4.69) is 47.3 Å². The van der Waals surface area contributed by atoms with Gasteiger partial charge in [0.15, 0.2) is 0 Å². The van der Waals surface area contributed by atoms with Crippen LogP contribution in [0, 0.1) is 46.3 Å². The Kier molecular flexibility index (Phi) is 6.08. The highest BCUT2D eigenvalue weighted by atomic mass is 16.3. The zero-order valence-corrected chi connectivity index (χ0v) is 20.2. The lowest BCUT2D eigenvalue weighted by molar-refractivity contribution is -0.108. The van der Waals surface area contributed by atoms with Crippen molar-refractivity contribution >= 4 is 0 Å². The van der Waals surface area contributed by atoms with Gasteiger partial charge in [-0.2, -0.15) is 0 Å². The van der Waals surface area contributed by atoms with Gasteiger partial charge in [-0.3, -0.25) is 0 Å². The summed E-state index contributed by atoms with van der Waals surface area (Å²) in [6, 6.07) is 0. The maximum absolute atomic E-state index is 11.1. The molecule has 3 saturated carbocycles. The Hall–Kier alpha value is -0.600. The third-order valence-electron chi connectivity index (χ3n) is 10.7. The van der Waals surface area contributed by atoms with Gasteiger partial charge in [-0.25, -0.2) is 0 Å². The summed E-state index contributed by atoms with van der Waals surface area (Å²) in [5.74, 6) is 4.31. The molecule has 9 unspecified atom stereocenters. The number of rotatable bonds is 5. The SMILES string of the molecule is C=C(CCC(C)C1CCC2C3CC=C4CC(O)CC(O)C4(C)C3CCC12C)C(C)C. The van der Waals surface area contributed by atoms with E-state index in [-0.39, 0.29) is 17.6 Å². The van der Waals surface area contributed by atoms with Crippen molar-refractivity contribution in [1.29, 1.82) is 0 Å². The summed E-state index contributed by atoms with van der Waals surface area (Å²) in [5, 5.41) is 21.3. The molecule has 0 aromatic heterocycles. The van der Waals surface area contributed by atoms with Gasteiger partial charge < -0.3 is 10.2 Å². The topological polar surface area (TPSA) is 40.5 Å². The number of allylic oxidation sites excluding steroid dienone is 2. The van der Waals surface area contributed by atoms with Gasteiger partial charge in [0.1, 0.15) is 0 Å². The predicted molar refractivity (Wildman–Crippen MR) is 125 cm³/mol. The van der Waals surface area contributed by atoms with Gasteiger partial charge in [0, 0.05) is 11.8 Å². The molecule has 0 aromatic carbocycles. The van der Waals surface area contributed by atoms with Gasteiger partial charge in [0.2, 0.25) is 0 Å². The quantitative estimate of drug-likeness (QED) is 0.502. The molecule has 2 N–H and O–H groups in total. The van der Waals surface area contributed by atoms with E-state index in [1.165, 1.54) is 56.1 Å². The van der Waals surface area contributed by atoms with Crippen LogP contribution in [-0.4, -0.2) is 22.4 Å². The Balaban J connectivity index is 1.52. The molecule has 0 spiro atoms. The van der Waals surface area contributed by atoms with Crippen molar-refractivity contribution in [3.05, 3.63) is 23.8 Å². The molecule has 0 saturated heterocycles. The second-order valence-corrected chi connectivity index (χ2v) is 12.3. The maximum atomic E-state index is 11.1. The monoisotopic (exact) mass is 414 g/mol. The van der Waals surface area contributed by atoms with Crippen LogP contribution < -0.4 is 0 Å². The first-order chi connectivity index (χ1) is 14.1. The fourth-order valence-electron chi connectivity index (χ4n) is 8.58. The molecule has 30 heavy (non-hydrogen) atoms. The van der Waals surface area contributed by atoms with E-state index in [0.29, 0.717) is 29.6 Å². The van der Waals surface area contributed by atoms with E-state index in [4.69, 9.17) is 0 Å². The molecule has 0 aromatic rings. The molecule has 0 radical (unpaired) electrons. The Bertz CT molecular complexity index is 693. The first kappa shape index (κ1) is 22.6. The first-order valence-electron chi connectivity index (χ1n) is 12.8. The number of aliphatic hydroxyl groups is 2. The summed E-state index contributed by atoms with van der Waals surface area (Å²) < 4.78 is 0. The number of fused-ring (bicyclic) bond motifs is 5. The molecule has 0 amide bonds. The molecular formula is C28H46O2. The Morgan fingerprint density at radius 1 is 1.13 bits per heavy atom. The van der Waals surface area contributed by atoms with Gasteiger partial charge in [0.25, 0.3) is 0 Å². The Labute approximate surface area is 185 Å². The van der Waals surface area contributed by atoms with Crippen LogP contribution in [0.4, 0.5) is 0 Å². The van der Waals surface area contributed by atoms with Crippen molar-refractivity contribution in [1.82, 2.24) is 0 Å². The van der Waals surface area contributed by atoms with E-state index in [1.54, 1.807) is 0 Å². The molecule has 0 bridgehead atoms. The average molecular weight is 415 g/mol. The molecule has 2 nitrogen and oxygen atoms in total. The van der Waals surface area contributed by atoms with Gasteiger partial charge in [-0.05, 0) is 92.3 Å². The van der Waals surface area contributed by atoms with Gasteiger partial charge in [0.05, 0.1) is 12.2 Å². The van der Waals surface area contributed by atoms with Crippen molar-refractivity contribution in [2.45, 2.75) is 105 Å². The minimum Gasteiger partial charge on any atom is -0.393 e. The van der Waals surface area contributed by atoms with E-state index in [0.717, 1.165) is 24.2 Å². The number of aliphatic hydroxyl groups excluding tert-OH is 2. The smallest absolute Gasteiger partial charge is 0.0658 e. The number of hydrogen-bond donors (Lipinski definition) is 2. The molecule has 9 atom stereocenters. The molecule has 3 fully saturated rings. The largest absolute Gasteiger partial charge is 0.393 e. The lowest BCUT2D eigenvalue weighted by atomic mass is 9.46. The van der Waals surface area contributed by atoms with Crippen LogP contribution in [0.15, 0.2) is 23.8 Å².